The first-order chi connectivity index (χ1) is 10.5. The fraction of sp³-hybridized carbons (Fsp3) is 0.412. The molecule has 1 aromatic carbocycles. The summed E-state index contributed by atoms with van der Waals surface area (Å²) >= 11 is 0. The molecule has 0 aliphatic heterocycles. The number of nitrogens with zero attached hydrogens (tertiary/aromatic N) is 1. The summed E-state index contributed by atoms with van der Waals surface area (Å²) in [5.41, 5.74) is 2.25. The average molecular weight is 303 g/mol. The number of methoxy groups -OCH3 is 1. The summed E-state index contributed by atoms with van der Waals surface area (Å²) in [6.45, 7) is 4.21. The largest absolute Gasteiger partial charge is 0.469 e. The smallest absolute Gasteiger partial charge is 0.308 e. The number of aryl methyl sites for hydroxylation is 2. The van der Waals surface area contributed by atoms with Crippen LogP contribution in [0.5, 0.6) is 5.75 Å². The Kier molecular flexibility index (Phi) is 5.20. The Morgan fingerprint density at radius 1 is 1.27 bits per heavy atom. The van der Waals surface area contributed by atoms with Gasteiger partial charge in [-0.25, -0.2) is 0 Å². The van der Waals surface area contributed by atoms with E-state index in [1.54, 1.807) is 0 Å². The lowest BCUT2D eigenvalue weighted by Gasteiger charge is -2.06. The molecule has 2 aromatic rings. The lowest BCUT2D eigenvalue weighted by atomic mass is 10.1. The van der Waals surface area contributed by atoms with Gasteiger partial charge in [0.2, 0.25) is 0 Å². The number of hydrogen-bond acceptors (Lipinski definition) is 4. The maximum Gasteiger partial charge on any atom is 0.308 e. The van der Waals surface area contributed by atoms with Crippen LogP contribution in [0.25, 0.3) is 10.9 Å². The van der Waals surface area contributed by atoms with Gasteiger partial charge in [-0.05, 0) is 30.5 Å². The van der Waals surface area contributed by atoms with Gasteiger partial charge in [0.25, 0.3) is 0 Å². The normalized spacial score (nSPS) is 10.7. The van der Waals surface area contributed by atoms with E-state index in [1.807, 2.05) is 18.2 Å². The van der Waals surface area contributed by atoms with Crippen LogP contribution >= 0.6 is 0 Å². The Hall–Kier alpha value is -2.30. The third-order valence-electron chi connectivity index (χ3n) is 3.59. The van der Waals surface area contributed by atoms with Crippen molar-refractivity contribution in [1.82, 2.24) is 4.57 Å². The number of rotatable bonds is 6. The molecule has 0 atom stereocenters. The van der Waals surface area contributed by atoms with Crippen LogP contribution in [0.2, 0.25) is 0 Å². The summed E-state index contributed by atoms with van der Waals surface area (Å²) in [6, 6.07) is 5.65. The molecule has 0 spiro atoms. The third-order valence-corrected chi connectivity index (χ3v) is 3.59. The van der Waals surface area contributed by atoms with E-state index >= 15 is 0 Å². The number of carbonyl (C=O) groups excluding carboxylic acids is 2. The van der Waals surface area contributed by atoms with Crippen molar-refractivity contribution in [2.45, 2.75) is 39.7 Å². The summed E-state index contributed by atoms with van der Waals surface area (Å²) in [6.07, 6.45) is 4.12. The van der Waals surface area contributed by atoms with Crippen LogP contribution in [0.15, 0.2) is 24.4 Å². The van der Waals surface area contributed by atoms with Gasteiger partial charge in [0.05, 0.1) is 12.6 Å². The maximum atomic E-state index is 11.2. The zero-order valence-corrected chi connectivity index (χ0v) is 13.2. The van der Waals surface area contributed by atoms with Gasteiger partial charge >= 0.3 is 11.9 Å². The van der Waals surface area contributed by atoms with E-state index in [0.717, 1.165) is 23.9 Å². The number of esters is 2. The standard InChI is InChI=1S/C17H21NO4/c1-4-13-11-18(9-5-6-17(20)21-3)16-10-14(22-12(2)19)7-8-15(13)16/h7-8,10-11H,4-6,9H2,1-3H3. The minimum absolute atomic E-state index is 0.201. The second-order valence-electron chi connectivity index (χ2n) is 5.15. The van der Waals surface area contributed by atoms with Gasteiger partial charge in [-0.2, -0.15) is 0 Å². The molecular weight excluding hydrogens is 282 g/mol. The van der Waals surface area contributed by atoms with Gasteiger partial charge in [0, 0.05) is 37.5 Å². The number of aromatic nitrogens is 1. The summed E-state index contributed by atoms with van der Waals surface area (Å²) < 4.78 is 11.9. The number of carbonyl (C=O) groups is 2. The Bertz CT molecular complexity index is 687. The molecule has 0 saturated carbocycles. The molecule has 0 aliphatic rings. The highest BCUT2D eigenvalue weighted by Crippen LogP contribution is 2.27. The van der Waals surface area contributed by atoms with E-state index in [-0.39, 0.29) is 11.9 Å². The molecule has 0 unspecified atom stereocenters. The first kappa shape index (κ1) is 16.1. The minimum Gasteiger partial charge on any atom is -0.469 e. The molecule has 0 N–H and O–H groups in total. The molecule has 0 radical (unpaired) electrons. The van der Waals surface area contributed by atoms with Crippen LogP contribution in [0.3, 0.4) is 0 Å². The molecule has 1 aromatic heterocycles. The fourth-order valence-corrected chi connectivity index (χ4v) is 2.54. The van der Waals surface area contributed by atoms with Gasteiger partial charge < -0.3 is 14.0 Å². The molecule has 0 amide bonds. The molecule has 0 aliphatic carbocycles. The minimum atomic E-state index is -0.334. The zero-order chi connectivity index (χ0) is 16.1. The Morgan fingerprint density at radius 2 is 2.05 bits per heavy atom. The topological polar surface area (TPSA) is 57.5 Å². The first-order valence-electron chi connectivity index (χ1n) is 7.42. The number of ether oxygens (including phenoxy) is 2. The SMILES string of the molecule is CCc1cn(CCCC(=O)OC)c2cc(OC(C)=O)ccc12. The Labute approximate surface area is 129 Å². The highest BCUT2D eigenvalue weighted by Gasteiger charge is 2.10. The van der Waals surface area contributed by atoms with Crippen molar-refractivity contribution in [2.24, 2.45) is 0 Å². The number of hydrogen-bond donors (Lipinski definition) is 0. The van der Waals surface area contributed by atoms with E-state index in [1.165, 1.54) is 19.6 Å². The number of fused-ring (bicyclic) bond motifs is 1. The summed E-state index contributed by atoms with van der Waals surface area (Å²) in [7, 11) is 1.40. The van der Waals surface area contributed by atoms with Gasteiger partial charge in [-0.1, -0.05) is 6.92 Å². The quantitative estimate of drug-likeness (QED) is 0.608. The second kappa shape index (κ2) is 7.11. The van der Waals surface area contributed by atoms with Crippen molar-refractivity contribution in [3.05, 3.63) is 30.0 Å². The van der Waals surface area contributed by atoms with Crippen LogP contribution in [-0.4, -0.2) is 23.6 Å². The Morgan fingerprint density at radius 3 is 2.68 bits per heavy atom. The fourth-order valence-electron chi connectivity index (χ4n) is 2.54. The van der Waals surface area contributed by atoms with Crippen LogP contribution in [-0.2, 0) is 27.3 Å². The van der Waals surface area contributed by atoms with Crippen molar-refractivity contribution in [2.75, 3.05) is 7.11 Å². The van der Waals surface area contributed by atoms with Crippen molar-refractivity contribution >= 4 is 22.8 Å². The lowest BCUT2D eigenvalue weighted by molar-refractivity contribution is -0.140. The molecule has 118 valence electrons. The molecular formula is C17H21NO4. The molecule has 2 rings (SSSR count). The van der Waals surface area contributed by atoms with Gasteiger partial charge in [0.1, 0.15) is 5.75 Å². The van der Waals surface area contributed by atoms with E-state index in [4.69, 9.17) is 4.74 Å². The summed E-state index contributed by atoms with van der Waals surface area (Å²) in [5.74, 6) is 0.00149. The molecule has 5 heteroatoms. The summed E-state index contributed by atoms with van der Waals surface area (Å²) in [5, 5.41) is 1.15. The lowest BCUT2D eigenvalue weighted by Crippen LogP contribution is -2.04. The van der Waals surface area contributed by atoms with Crippen LogP contribution in [0, 0.1) is 0 Å². The third kappa shape index (κ3) is 3.67. The van der Waals surface area contributed by atoms with E-state index in [2.05, 4.69) is 22.4 Å². The van der Waals surface area contributed by atoms with Crippen molar-refractivity contribution in [3.8, 4) is 5.75 Å². The van der Waals surface area contributed by atoms with Gasteiger partial charge in [0.15, 0.2) is 0 Å². The van der Waals surface area contributed by atoms with E-state index in [9.17, 15) is 9.59 Å². The average Bonchev–Trinajstić information content (AvgIpc) is 2.84. The predicted molar refractivity (Wildman–Crippen MR) is 83.9 cm³/mol. The van der Waals surface area contributed by atoms with Crippen LogP contribution in [0.4, 0.5) is 0 Å². The van der Waals surface area contributed by atoms with Gasteiger partial charge in [-0.15, -0.1) is 0 Å². The van der Waals surface area contributed by atoms with Crippen molar-refractivity contribution < 1.29 is 19.1 Å². The Balaban J connectivity index is 2.27. The first-order valence-corrected chi connectivity index (χ1v) is 7.42. The van der Waals surface area contributed by atoms with Crippen molar-refractivity contribution in [1.29, 1.82) is 0 Å². The second-order valence-corrected chi connectivity index (χ2v) is 5.15. The molecule has 0 saturated heterocycles. The van der Waals surface area contributed by atoms with Gasteiger partial charge in [-0.3, -0.25) is 9.59 Å². The monoisotopic (exact) mass is 303 g/mol. The predicted octanol–water partition coefficient (Wildman–Crippen LogP) is 3.08. The van der Waals surface area contributed by atoms with E-state index < -0.39 is 0 Å². The maximum absolute atomic E-state index is 11.2. The summed E-state index contributed by atoms with van der Waals surface area (Å²) in [4.78, 5) is 22.3. The molecule has 1 heterocycles. The van der Waals surface area contributed by atoms with E-state index in [0.29, 0.717) is 18.6 Å². The highest BCUT2D eigenvalue weighted by atomic mass is 16.5. The van der Waals surface area contributed by atoms with Crippen LogP contribution < -0.4 is 4.74 Å². The molecule has 22 heavy (non-hydrogen) atoms. The highest BCUT2D eigenvalue weighted by molar-refractivity contribution is 5.86. The molecule has 5 nitrogen and oxygen atoms in total. The molecule has 0 bridgehead atoms. The van der Waals surface area contributed by atoms with Crippen molar-refractivity contribution in [3.63, 3.8) is 0 Å². The number of benzene rings is 1. The van der Waals surface area contributed by atoms with Crippen LogP contribution in [0.1, 0.15) is 32.3 Å². The zero-order valence-electron chi connectivity index (χ0n) is 13.2. The molecule has 0 fully saturated rings.